The Labute approximate surface area is 235 Å². The molecule has 5 rings (SSSR count). The molecule has 0 saturated carbocycles. The summed E-state index contributed by atoms with van der Waals surface area (Å²) in [5.41, 5.74) is 2.73. The summed E-state index contributed by atoms with van der Waals surface area (Å²) in [6.45, 7) is 2.57. The van der Waals surface area contributed by atoms with Crippen LogP contribution in [0.15, 0.2) is 72.4 Å². The molecule has 0 spiro atoms. The first-order valence-corrected chi connectivity index (χ1v) is 13.2. The number of H-pyrrole nitrogens is 1. The van der Waals surface area contributed by atoms with Crippen LogP contribution in [0.3, 0.4) is 0 Å². The fourth-order valence-corrected chi connectivity index (χ4v) is 5.43. The minimum atomic E-state index is -0.902. The Morgan fingerprint density at radius 2 is 1.77 bits per heavy atom. The lowest BCUT2D eigenvalue weighted by molar-refractivity contribution is -0.139. The van der Waals surface area contributed by atoms with E-state index in [1.165, 1.54) is 4.90 Å². The van der Waals surface area contributed by atoms with Crippen LogP contribution in [0.5, 0.6) is 11.5 Å². The number of aromatic amines is 1. The Hall–Kier alpha value is -3.94. The molecule has 4 aromatic rings. The summed E-state index contributed by atoms with van der Waals surface area (Å²) in [5.74, 6) is -0.435. The molecule has 1 aliphatic heterocycles. The number of carbonyl (C=O) groups is 2. The second-order valence-electron chi connectivity index (χ2n) is 9.09. The van der Waals surface area contributed by atoms with E-state index in [4.69, 9.17) is 32.7 Å². The smallest absolute Gasteiger partial charge is 0.295 e. The van der Waals surface area contributed by atoms with E-state index in [2.05, 4.69) is 4.98 Å². The van der Waals surface area contributed by atoms with E-state index >= 15 is 0 Å². The summed E-state index contributed by atoms with van der Waals surface area (Å²) in [6.07, 6.45) is 2.33. The van der Waals surface area contributed by atoms with Gasteiger partial charge in [0.15, 0.2) is 0 Å². The Kier molecular flexibility index (Phi) is 7.55. The standard InChI is InChI=1S/C30H26Cl2N2O5/c1-3-39-20-7-4-17(5-8-20)28(35)26-27(22-10-6-19(31)14-24(22)32)34(30(37)29(26)36)13-12-18-16-33-25-11-9-21(38-2)15-23(18)25/h4-11,14-16,27,33,35H,3,12-13H2,1-2H3/t27-/m1/s1. The number of aliphatic hydroxyl groups is 1. The number of carbonyl (C=O) groups excluding carboxylic acids is 2. The lowest BCUT2D eigenvalue weighted by atomic mass is 9.95. The molecule has 9 heteroatoms. The summed E-state index contributed by atoms with van der Waals surface area (Å²) in [6, 6.07) is 16.4. The van der Waals surface area contributed by atoms with Crippen molar-refractivity contribution >= 4 is 51.6 Å². The van der Waals surface area contributed by atoms with Crippen molar-refractivity contribution < 1.29 is 24.2 Å². The highest BCUT2D eigenvalue weighted by Gasteiger charge is 2.46. The van der Waals surface area contributed by atoms with Crippen LogP contribution in [0, 0.1) is 0 Å². The van der Waals surface area contributed by atoms with E-state index in [0.29, 0.717) is 40.7 Å². The monoisotopic (exact) mass is 564 g/mol. The van der Waals surface area contributed by atoms with Crippen LogP contribution in [0.4, 0.5) is 0 Å². The number of ketones is 1. The van der Waals surface area contributed by atoms with Crippen LogP contribution in [0.2, 0.25) is 10.0 Å². The lowest BCUT2D eigenvalue weighted by Crippen LogP contribution is -2.31. The Balaban J connectivity index is 1.56. The molecule has 1 amide bonds. The molecule has 0 unspecified atom stereocenters. The topological polar surface area (TPSA) is 91.9 Å². The molecule has 1 atom stereocenters. The van der Waals surface area contributed by atoms with Crippen LogP contribution in [0.1, 0.15) is 29.7 Å². The quantitative estimate of drug-likeness (QED) is 0.144. The predicted octanol–water partition coefficient (Wildman–Crippen LogP) is 6.55. The number of rotatable bonds is 8. The van der Waals surface area contributed by atoms with Gasteiger partial charge >= 0.3 is 0 Å². The van der Waals surface area contributed by atoms with Crippen molar-refractivity contribution in [1.82, 2.24) is 9.88 Å². The van der Waals surface area contributed by atoms with Crippen molar-refractivity contribution in [2.75, 3.05) is 20.3 Å². The third-order valence-corrected chi connectivity index (χ3v) is 7.39. The number of methoxy groups -OCH3 is 1. The number of Topliss-reactive ketones (excluding diaryl/α,β-unsaturated/α-hetero) is 1. The summed E-state index contributed by atoms with van der Waals surface area (Å²) in [4.78, 5) is 31.5. The first kappa shape index (κ1) is 26.7. The van der Waals surface area contributed by atoms with Crippen molar-refractivity contribution in [3.63, 3.8) is 0 Å². The fourth-order valence-electron chi connectivity index (χ4n) is 4.92. The number of amides is 1. The summed E-state index contributed by atoms with van der Waals surface area (Å²) < 4.78 is 10.9. The number of ether oxygens (including phenoxy) is 2. The number of nitrogens with one attached hydrogen (secondary N) is 1. The highest BCUT2D eigenvalue weighted by molar-refractivity contribution is 6.47. The molecule has 1 aromatic heterocycles. The first-order chi connectivity index (χ1) is 18.8. The van der Waals surface area contributed by atoms with Gasteiger partial charge in [0.1, 0.15) is 17.3 Å². The Morgan fingerprint density at radius 3 is 2.46 bits per heavy atom. The minimum absolute atomic E-state index is 0.0334. The Bertz CT molecular complexity index is 1590. The first-order valence-electron chi connectivity index (χ1n) is 12.4. The van der Waals surface area contributed by atoms with Crippen molar-refractivity contribution in [3.05, 3.63) is 99.2 Å². The Morgan fingerprint density at radius 1 is 1.03 bits per heavy atom. The predicted molar refractivity (Wildman–Crippen MR) is 152 cm³/mol. The van der Waals surface area contributed by atoms with E-state index in [-0.39, 0.29) is 22.9 Å². The van der Waals surface area contributed by atoms with Gasteiger partial charge in [-0.1, -0.05) is 29.3 Å². The largest absolute Gasteiger partial charge is 0.507 e. The van der Waals surface area contributed by atoms with E-state index in [1.54, 1.807) is 49.6 Å². The number of nitrogens with zero attached hydrogens (tertiary/aromatic N) is 1. The van der Waals surface area contributed by atoms with Gasteiger partial charge in [-0.2, -0.15) is 0 Å². The number of likely N-dealkylation sites (tertiary alicyclic amines) is 1. The van der Waals surface area contributed by atoms with E-state index in [9.17, 15) is 14.7 Å². The maximum Gasteiger partial charge on any atom is 0.295 e. The molecule has 2 N–H and O–H groups in total. The number of aliphatic hydroxyl groups excluding tert-OH is 1. The summed E-state index contributed by atoms with van der Waals surface area (Å²) in [7, 11) is 1.60. The third kappa shape index (κ3) is 5.07. The molecule has 200 valence electrons. The molecule has 3 aromatic carbocycles. The molecule has 0 bridgehead atoms. The molecular weight excluding hydrogens is 539 g/mol. The zero-order valence-electron chi connectivity index (χ0n) is 21.3. The van der Waals surface area contributed by atoms with E-state index in [0.717, 1.165) is 16.5 Å². The van der Waals surface area contributed by atoms with E-state index < -0.39 is 17.7 Å². The average molecular weight is 565 g/mol. The number of hydrogen-bond acceptors (Lipinski definition) is 5. The average Bonchev–Trinajstić information content (AvgIpc) is 3.45. The summed E-state index contributed by atoms with van der Waals surface area (Å²) in [5, 5.41) is 13.0. The molecule has 1 fully saturated rings. The van der Waals surface area contributed by atoms with Gasteiger partial charge in [-0.3, -0.25) is 9.59 Å². The van der Waals surface area contributed by atoms with Gasteiger partial charge < -0.3 is 24.5 Å². The molecule has 2 heterocycles. The second-order valence-corrected chi connectivity index (χ2v) is 9.93. The van der Waals surface area contributed by atoms with Crippen LogP contribution in [-0.2, 0) is 16.0 Å². The minimum Gasteiger partial charge on any atom is -0.507 e. The third-order valence-electron chi connectivity index (χ3n) is 6.83. The summed E-state index contributed by atoms with van der Waals surface area (Å²) >= 11 is 12.7. The van der Waals surface area contributed by atoms with Crippen molar-refractivity contribution in [2.24, 2.45) is 0 Å². The highest BCUT2D eigenvalue weighted by atomic mass is 35.5. The number of fused-ring (bicyclic) bond motifs is 1. The zero-order chi connectivity index (χ0) is 27.7. The van der Waals surface area contributed by atoms with E-state index in [1.807, 2.05) is 31.3 Å². The number of benzene rings is 3. The SMILES string of the molecule is CCOc1ccc(C(O)=C2C(=O)C(=O)N(CCc3c[nH]c4ccc(OC)cc34)[C@@H]2c2ccc(Cl)cc2Cl)cc1. The molecule has 0 aliphatic carbocycles. The van der Waals surface area contributed by atoms with Crippen molar-refractivity contribution in [3.8, 4) is 11.5 Å². The lowest BCUT2D eigenvalue weighted by Gasteiger charge is -2.26. The van der Waals surface area contributed by atoms with Crippen LogP contribution in [0.25, 0.3) is 16.7 Å². The zero-order valence-corrected chi connectivity index (χ0v) is 22.8. The molecular formula is C30H26Cl2N2O5. The molecule has 1 aliphatic rings. The second kappa shape index (κ2) is 11.0. The number of aromatic nitrogens is 1. The van der Waals surface area contributed by atoms with Gasteiger partial charge in [0.25, 0.3) is 11.7 Å². The van der Waals surface area contributed by atoms with Gasteiger partial charge in [-0.15, -0.1) is 0 Å². The van der Waals surface area contributed by atoms with Crippen LogP contribution >= 0.6 is 23.2 Å². The van der Waals surface area contributed by atoms with Gasteiger partial charge in [-0.25, -0.2) is 0 Å². The van der Waals surface area contributed by atoms with Gasteiger partial charge in [-0.05, 0) is 79.1 Å². The van der Waals surface area contributed by atoms with Crippen LogP contribution in [-0.4, -0.2) is 46.9 Å². The number of hydrogen-bond donors (Lipinski definition) is 2. The highest BCUT2D eigenvalue weighted by Crippen LogP contribution is 2.42. The van der Waals surface area contributed by atoms with Gasteiger partial charge in [0.05, 0.1) is 25.3 Å². The molecule has 1 saturated heterocycles. The number of halogens is 2. The normalized spacial score (nSPS) is 16.7. The van der Waals surface area contributed by atoms with Crippen LogP contribution < -0.4 is 9.47 Å². The fraction of sp³-hybridized carbons (Fsp3) is 0.200. The molecule has 0 radical (unpaired) electrons. The van der Waals surface area contributed by atoms with Gasteiger partial charge in [0, 0.05) is 39.3 Å². The molecule has 7 nitrogen and oxygen atoms in total. The van der Waals surface area contributed by atoms with Crippen molar-refractivity contribution in [1.29, 1.82) is 0 Å². The van der Waals surface area contributed by atoms with Gasteiger partial charge in [0.2, 0.25) is 0 Å². The van der Waals surface area contributed by atoms with Crippen molar-refractivity contribution in [2.45, 2.75) is 19.4 Å². The maximum atomic E-state index is 13.4. The molecule has 39 heavy (non-hydrogen) atoms. The maximum absolute atomic E-state index is 13.4.